The third kappa shape index (κ3) is 2.96. The van der Waals surface area contributed by atoms with Gasteiger partial charge in [-0.25, -0.2) is 4.79 Å². The molecule has 1 aromatic rings. The van der Waals surface area contributed by atoms with Crippen LogP contribution in [0.25, 0.3) is 0 Å². The predicted molar refractivity (Wildman–Crippen MR) is 62.1 cm³/mol. The minimum Gasteiger partial charge on any atom is -0.507 e. The van der Waals surface area contributed by atoms with Crippen LogP contribution in [0.2, 0.25) is 0 Å². The molecule has 3 N–H and O–H groups in total. The largest absolute Gasteiger partial charge is 0.507 e. The molecule has 0 aliphatic heterocycles. The van der Waals surface area contributed by atoms with Gasteiger partial charge >= 0.3 is 5.97 Å². The molecule has 0 aliphatic carbocycles. The summed E-state index contributed by atoms with van der Waals surface area (Å²) in [7, 11) is 0. The number of benzene rings is 1. The van der Waals surface area contributed by atoms with Gasteiger partial charge in [0, 0.05) is 11.8 Å². The molecular weight excluding hydrogens is 278 g/mol. The fourth-order valence-electron chi connectivity index (χ4n) is 1.03. The van der Waals surface area contributed by atoms with Gasteiger partial charge in [-0.15, -0.1) is 0 Å². The van der Waals surface area contributed by atoms with E-state index in [1.807, 2.05) is 0 Å². The first kappa shape index (κ1) is 12.5. The highest BCUT2D eigenvalue weighted by molar-refractivity contribution is 9.10. The quantitative estimate of drug-likeness (QED) is 0.740. The van der Waals surface area contributed by atoms with Crippen molar-refractivity contribution in [1.82, 2.24) is 0 Å². The molecule has 5 nitrogen and oxygen atoms in total. The number of phenols is 1. The van der Waals surface area contributed by atoms with Crippen molar-refractivity contribution >= 4 is 33.5 Å². The number of alkyl halides is 1. The molecule has 0 aromatic heterocycles. The van der Waals surface area contributed by atoms with E-state index in [9.17, 15) is 14.7 Å². The van der Waals surface area contributed by atoms with Gasteiger partial charge in [-0.2, -0.15) is 0 Å². The summed E-state index contributed by atoms with van der Waals surface area (Å²) in [6.45, 7) is 1.65. The molecule has 0 fully saturated rings. The van der Waals surface area contributed by atoms with E-state index in [1.54, 1.807) is 6.92 Å². The molecule has 16 heavy (non-hydrogen) atoms. The molecule has 86 valence electrons. The summed E-state index contributed by atoms with van der Waals surface area (Å²) in [5.41, 5.74) is 0.142. The number of carboxylic acid groups (broad SMARTS) is 1. The normalized spacial score (nSPS) is 11.9. The topological polar surface area (TPSA) is 86.6 Å². The summed E-state index contributed by atoms with van der Waals surface area (Å²) in [5.74, 6) is -1.88. The second-order valence-electron chi connectivity index (χ2n) is 3.14. The number of halogens is 1. The van der Waals surface area contributed by atoms with Gasteiger partial charge in [-0.3, -0.25) is 4.79 Å². The Morgan fingerprint density at radius 3 is 2.50 bits per heavy atom. The molecule has 0 aliphatic rings. The van der Waals surface area contributed by atoms with Gasteiger partial charge in [-0.05, 0) is 19.1 Å². The summed E-state index contributed by atoms with van der Waals surface area (Å²) in [6, 6.07) is 3.83. The number of carbonyl (C=O) groups excluding carboxylic acids is 1. The third-order valence-corrected chi connectivity index (χ3v) is 2.27. The van der Waals surface area contributed by atoms with Crippen molar-refractivity contribution in [2.75, 3.05) is 5.32 Å². The van der Waals surface area contributed by atoms with Crippen molar-refractivity contribution in [3.8, 4) is 5.75 Å². The van der Waals surface area contributed by atoms with Gasteiger partial charge in [0.25, 0.3) is 0 Å². The van der Waals surface area contributed by atoms with Crippen LogP contribution in [-0.4, -0.2) is 26.9 Å². The zero-order chi connectivity index (χ0) is 12.3. The molecule has 0 radical (unpaired) electrons. The van der Waals surface area contributed by atoms with Crippen LogP contribution in [0.3, 0.4) is 0 Å². The number of hydrogen-bond donors (Lipinski definition) is 3. The molecule has 0 unspecified atom stereocenters. The Kier molecular flexibility index (Phi) is 3.89. The Morgan fingerprint density at radius 2 is 2.06 bits per heavy atom. The smallest absolute Gasteiger partial charge is 0.339 e. The van der Waals surface area contributed by atoms with E-state index in [-0.39, 0.29) is 22.0 Å². The number of hydrogen-bond acceptors (Lipinski definition) is 3. The monoisotopic (exact) mass is 287 g/mol. The summed E-state index contributed by atoms with van der Waals surface area (Å²) in [6.07, 6.45) is 0. The number of anilines is 1. The Morgan fingerprint density at radius 1 is 1.44 bits per heavy atom. The molecule has 6 heteroatoms. The van der Waals surface area contributed by atoms with E-state index in [0.29, 0.717) is 5.69 Å². The zero-order valence-corrected chi connectivity index (χ0v) is 9.98. The average Bonchev–Trinajstić information content (AvgIpc) is 2.16. The van der Waals surface area contributed by atoms with Gasteiger partial charge in [0.2, 0.25) is 5.91 Å². The number of nitrogens with one attached hydrogen (secondary N) is 1. The van der Waals surface area contributed by atoms with E-state index in [0.717, 1.165) is 0 Å². The first-order valence-corrected chi connectivity index (χ1v) is 5.34. The van der Waals surface area contributed by atoms with Gasteiger partial charge in [0.15, 0.2) is 0 Å². The summed E-state index contributed by atoms with van der Waals surface area (Å²) in [4.78, 5) is 21.5. The fourth-order valence-corrected chi connectivity index (χ4v) is 1.15. The second-order valence-corrected chi connectivity index (χ2v) is 4.52. The second kappa shape index (κ2) is 4.98. The highest BCUT2D eigenvalue weighted by atomic mass is 79.9. The van der Waals surface area contributed by atoms with Gasteiger partial charge in [0.1, 0.15) is 11.3 Å². The standard InChI is InChI=1S/C10H10BrNO4/c1-5(11)9(14)12-6-2-3-7(10(15)16)8(13)4-6/h2-5,13H,1H3,(H,12,14)(H,15,16)/t5-/m1/s1. The lowest BCUT2D eigenvalue weighted by atomic mass is 10.2. The van der Waals surface area contributed by atoms with Crippen molar-refractivity contribution in [2.45, 2.75) is 11.8 Å². The SMILES string of the molecule is C[C@@H](Br)C(=O)Nc1ccc(C(=O)O)c(O)c1. The van der Waals surface area contributed by atoms with Crippen LogP contribution in [0.15, 0.2) is 18.2 Å². The van der Waals surface area contributed by atoms with E-state index >= 15 is 0 Å². The number of aromatic hydroxyl groups is 1. The molecule has 0 bridgehead atoms. The van der Waals surface area contributed by atoms with E-state index in [1.165, 1.54) is 18.2 Å². The van der Waals surface area contributed by atoms with Crippen LogP contribution in [0.1, 0.15) is 17.3 Å². The predicted octanol–water partition coefficient (Wildman–Crippen LogP) is 1.81. The molecule has 1 rings (SSSR count). The molecule has 0 heterocycles. The van der Waals surface area contributed by atoms with E-state index in [4.69, 9.17) is 5.11 Å². The van der Waals surface area contributed by atoms with E-state index < -0.39 is 5.97 Å². The molecule has 0 saturated carbocycles. The van der Waals surface area contributed by atoms with Crippen LogP contribution in [0, 0.1) is 0 Å². The summed E-state index contributed by atoms with van der Waals surface area (Å²) >= 11 is 3.08. The number of carboxylic acids is 1. The minimum atomic E-state index is -1.22. The Bertz CT molecular complexity index is 431. The lowest BCUT2D eigenvalue weighted by Crippen LogP contribution is -2.19. The van der Waals surface area contributed by atoms with Crippen molar-refractivity contribution in [3.63, 3.8) is 0 Å². The Labute approximate surface area is 100 Å². The van der Waals surface area contributed by atoms with Crippen LogP contribution < -0.4 is 5.32 Å². The van der Waals surface area contributed by atoms with Crippen LogP contribution >= 0.6 is 15.9 Å². The van der Waals surface area contributed by atoms with Gasteiger partial charge in [-0.1, -0.05) is 15.9 Å². The van der Waals surface area contributed by atoms with Crippen LogP contribution in [0.5, 0.6) is 5.75 Å². The molecule has 0 saturated heterocycles. The lowest BCUT2D eigenvalue weighted by molar-refractivity contribution is -0.115. The fraction of sp³-hybridized carbons (Fsp3) is 0.200. The summed E-state index contributed by atoms with van der Waals surface area (Å²) in [5, 5.41) is 20.6. The zero-order valence-electron chi connectivity index (χ0n) is 8.40. The van der Waals surface area contributed by atoms with Crippen LogP contribution in [0.4, 0.5) is 5.69 Å². The lowest BCUT2D eigenvalue weighted by Gasteiger charge is -2.07. The van der Waals surface area contributed by atoms with Crippen molar-refractivity contribution < 1.29 is 19.8 Å². The van der Waals surface area contributed by atoms with Crippen LogP contribution in [-0.2, 0) is 4.79 Å². The maximum absolute atomic E-state index is 11.3. The average molecular weight is 288 g/mol. The van der Waals surface area contributed by atoms with Gasteiger partial charge < -0.3 is 15.5 Å². The number of amides is 1. The van der Waals surface area contributed by atoms with Crippen molar-refractivity contribution in [3.05, 3.63) is 23.8 Å². The molecule has 1 aromatic carbocycles. The maximum atomic E-state index is 11.3. The Balaban J connectivity index is 2.90. The third-order valence-electron chi connectivity index (χ3n) is 1.86. The molecule has 0 spiro atoms. The first-order valence-electron chi connectivity index (χ1n) is 4.43. The Hall–Kier alpha value is -1.56. The molecule has 1 amide bonds. The van der Waals surface area contributed by atoms with E-state index in [2.05, 4.69) is 21.2 Å². The number of aromatic carboxylic acids is 1. The number of rotatable bonds is 3. The highest BCUT2D eigenvalue weighted by Crippen LogP contribution is 2.22. The van der Waals surface area contributed by atoms with Crippen molar-refractivity contribution in [1.29, 1.82) is 0 Å². The molecule has 1 atom stereocenters. The van der Waals surface area contributed by atoms with Gasteiger partial charge in [0.05, 0.1) is 4.83 Å². The highest BCUT2D eigenvalue weighted by Gasteiger charge is 2.12. The molecular formula is C10H10BrNO4. The minimum absolute atomic E-state index is 0.204. The van der Waals surface area contributed by atoms with Crippen molar-refractivity contribution in [2.24, 2.45) is 0 Å². The first-order chi connectivity index (χ1) is 7.41. The number of carbonyl (C=O) groups is 2. The maximum Gasteiger partial charge on any atom is 0.339 e. The summed E-state index contributed by atoms with van der Waals surface area (Å²) < 4.78 is 0.